The first-order valence-corrected chi connectivity index (χ1v) is 24.3. The van der Waals surface area contributed by atoms with Crippen molar-refractivity contribution in [3.63, 3.8) is 0 Å². The molecule has 0 unspecified atom stereocenters. The standard InChI is InChI=1S/C55H38FGeN3/c56-43-26-34-49(35-27-43)59(51-36-37-55-53(38-51)52-18-10-11-19-54(52)60(55)50-30-20-40(39-58)21-31-50)48-32-24-42(25-33-48)41-22-28-47(29-23-41)57(44-12-4-1-5-13-44,45-14-6-2-7-15-45)46-16-8-3-9-17-46/h1-38H. The van der Waals surface area contributed by atoms with Gasteiger partial charge in [-0.25, -0.2) is 4.39 Å². The van der Waals surface area contributed by atoms with Gasteiger partial charge >= 0.3 is 251 Å². The summed E-state index contributed by atoms with van der Waals surface area (Å²) in [7, 11) is 0. The maximum atomic E-state index is 14.3. The first-order chi connectivity index (χ1) is 29.6. The summed E-state index contributed by atoms with van der Waals surface area (Å²) in [5.74, 6) is -0.279. The number of nitriles is 1. The molecule has 0 bridgehead atoms. The van der Waals surface area contributed by atoms with Crippen molar-refractivity contribution < 1.29 is 4.39 Å². The molecule has 10 rings (SSSR count). The molecule has 5 heteroatoms. The average molecular weight is 833 g/mol. The number of hydrogen-bond acceptors (Lipinski definition) is 2. The van der Waals surface area contributed by atoms with Gasteiger partial charge in [0.05, 0.1) is 22.7 Å². The van der Waals surface area contributed by atoms with Crippen LogP contribution in [0.15, 0.2) is 231 Å². The number of benzene rings is 9. The Balaban J connectivity index is 1.05. The molecule has 0 aliphatic carbocycles. The molecular formula is C55H38FGeN3. The first kappa shape index (κ1) is 36.9. The third-order valence-corrected chi connectivity index (χ3v) is 21.7. The Morgan fingerprint density at radius 3 is 1.42 bits per heavy atom. The zero-order valence-electron chi connectivity index (χ0n) is 32.7. The molecule has 0 fully saturated rings. The second kappa shape index (κ2) is 15.7. The van der Waals surface area contributed by atoms with Gasteiger partial charge in [-0.1, -0.05) is 18.2 Å². The van der Waals surface area contributed by atoms with Crippen LogP contribution in [0, 0.1) is 17.1 Å². The fourth-order valence-electron chi connectivity index (χ4n) is 8.88. The molecule has 1 aromatic heterocycles. The van der Waals surface area contributed by atoms with E-state index in [0.29, 0.717) is 5.56 Å². The summed E-state index contributed by atoms with van der Waals surface area (Å²) in [5, 5.41) is 11.6. The van der Waals surface area contributed by atoms with Crippen LogP contribution in [0.2, 0.25) is 0 Å². The predicted octanol–water partition coefficient (Wildman–Crippen LogP) is 11.3. The number of rotatable bonds is 9. The van der Waals surface area contributed by atoms with Gasteiger partial charge in [0.1, 0.15) is 5.82 Å². The fourth-order valence-corrected chi connectivity index (χ4v) is 18.8. The van der Waals surface area contributed by atoms with Crippen molar-refractivity contribution in [3.8, 4) is 22.9 Å². The molecule has 0 N–H and O–H groups in total. The Morgan fingerprint density at radius 1 is 0.417 bits per heavy atom. The third kappa shape index (κ3) is 6.46. The minimum absolute atomic E-state index is 0.279. The number of para-hydroxylation sites is 1. The summed E-state index contributed by atoms with van der Waals surface area (Å²) in [6.45, 7) is 0. The monoisotopic (exact) mass is 833 g/mol. The van der Waals surface area contributed by atoms with Crippen molar-refractivity contribution in [1.82, 2.24) is 4.57 Å². The van der Waals surface area contributed by atoms with Gasteiger partial charge < -0.3 is 4.57 Å². The summed E-state index contributed by atoms with van der Waals surface area (Å²) >= 11 is -3.37. The van der Waals surface area contributed by atoms with Crippen molar-refractivity contribution in [2.24, 2.45) is 0 Å². The molecule has 0 radical (unpaired) electrons. The molecule has 0 aliphatic rings. The van der Waals surface area contributed by atoms with Gasteiger partial charge in [0, 0.05) is 11.1 Å². The van der Waals surface area contributed by atoms with E-state index in [1.165, 1.54) is 29.7 Å². The van der Waals surface area contributed by atoms with Crippen LogP contribution < -0.4 is 22.5 Å². The van der Waals surface area contributed by atoms with Crippen molar-refractivity contribution in [1.29, 1.82) is 5.26 Å². The van der Waals surface area contributed by atoms with Gasteiger partial charge in [0.25, 0.3) is 0 Å². The molecule has 9 aromatic carbocycles. The molecule has 284 valence electrons. The quantitative estimate of drug-likeness (QED) is 0.136. The third-order valence-electron chi connectivity index (χ3n) is 11.7. The SMILES string of the molecule is N#Cc1ccc(-n2c3ccccc3c3cc(N(c4ccc(F)cc4)c4ccc(-c5cc[c]([Ge]([c]6ccccc6)([c]6ccccc6)[c]6ccccc6)cc5)cc4)ccc32)cc1. The van der Waals surface area contributed by atoms with E-state index < -0.39 is 13.3 Å². The van der Waals surface area contributed by atoms with E-state index in [2.05, 4.69) is 198 Å². The minimum Gasteiger partial charge on any atom is -0.0423 e. The van der Waals surface area contributed by atoms with Crippen molar-refractivity contribution in [3.05, 3.63) is 242 Å². The van der Waals surface area contributed by atoms with Crippen molar-refractivity contribution in [2.45, 2.75) is 0 Å². The molecule has 0 saturated carbocycles. The summed E-state index contributed by atoms with van der Waals surface area (Å²) in [6.07, 6.45) is 0. The topological polar surface area (TPSA) is 32.0 Å². The molecule has 0 saturated heterocycles. The summed E-state index contributed by atoms with van der Waals surface area (Å²) in [6, 6.07) is 82.6. The number of hydrogen-bond donors (Lipinski definition) is 0. The van der Waals surface area contributed by atoms with Gasteiger partial charge in [0.2, 0.25) is 0 Å². The molecule has 0 amide bonds. The Labute approximate surface area is 351 Å². The van der Waals surface area contributed by atoms with E-state index in [-0.39, 0.29) is 5.82 Å². The zero-order chi connectivity index (χ0) is 40.5. The van der Waals surface area contributed by atoms with Crippen LogP contribution in [0.1, 0.15) is 5.56 Å². The summed E-state index contributed by atoms with van der Waals surface area (Å²) < 4.78 is 22.1. The Hall–Kier alpha value is -7.46. The number of fused-ring (bicyclic) bond motifs is 3. The number of aromatic nitrogens is 1. The van der Waals surface area contributed by atoms with E-state index in [1.54, 1.807) is 0 Å². The number of halogens is 1. The summed E-state index contributed by atoms with van der Waals surface area (Å²) in [4.78, 5) is 2.18. The van der Waals surface area contributed by atoms with Crippen LogP contribution in [-0.2, 0) is 0 Å². The van der Waals surface area contributed by atoms with E-state index in [0.717, 1.165) is 55.7 Å². The van der Waals surface area contributed by atoms with Crippen LogP contribution in [0.25, 0.3) is 38.6 Å². The molecular weight excluding hydrogens is 794 g/mol. The zero-order valence-corrected chi connectivity index (χ0v) is 34.8. The molecule has 1 heterocycles. The maximum absolute atomic E-state index is 14.3. The van der Waals surface area contributed by atoms with E-state index in [1.807, 2.05) is 36.4 Å². The molecule has 3 nitrogen and oxygen atoms in total. The van der Waals surface area contributed by atoms with Crippen LogP contribution in [0.3, 0.4) is 0 Å². The molecule has 0 atom stereocenters. The fraction of sp³-hybridized carbons (Fsp3) is 0. The van der Waals surface area contributed by atoms with E-state index in [4.69, 9.17) is 0 Å². The van der Waals surface area contributed by atoms with E-state index >= 15 is 0 Å². The Bertz CT molecular complexity index is 3020. The Kier molecular flexibility index (Phi) is 9.65. The molecule has 10 aromatic rings. The van der Waals surface area contributed by atoms with Gasteiger partial charge in [-0.2, -0.15) is 5.26 Å². The second-order valence-electron chi connectivity index (χ2n) is 15.0. The van der Waals surface area contributed by atoms with Gasteiger partial charge in [-0.05, 0) is 30.3 Å². The predicted molar refractivity (Wildman–Crippen MR) is 249 cm³/mol. The van der Waals surface area contributed by atoms with Gasteiger partial charge in [0.15, 0.2) is 0 Å². The van der Waals surface area contributed by atoms with Gasteiger partial charge in [-0.15, -0.1) is 0 Å². The molecule has 0 spiro atoms. The second-order valence-corrected chi connectivity index (χ2v) is 23.0. The normalized spacial score (nSPS) is 11.4. The molecule has 0 aliphatic heterocycles. The summed E-state index contributed by atoms with van der Waals surface area (Å²) in [5.41, 5.74) is 8.78. The van der Waals surface area contributed by atoms with E-state index in [9.17, 15) is 9.65 Å². The Morgan fingerprint density at radius 2 is 0.867 bits per heavy atom. The smallest absolute Gasteiger partial charge is 0.0423 e. The minimum atomic E-state index is -3.37. The first-order valence-electron chi connectivity index (χ1n) is 20.1. The van der Waals surface area contributed by atoms with Crippen LogP contribution in [-0.4, -0.2) is 17.8 Å². The van der Waals surface area contributed by atoms with Crippen molar-refractivity contribution in [2.75, 3.05) is 4.90 Å². The van der Waals surface area contributed by atoms with Crippen LogP contribution >= 0.6 is 0 Å². The average Bonchev–Trinajstić information content (AvgIpc) is 3.65. The van der Waals surface area contributed by atoms with Crippen molar-refractivity contribution >= 4 is 69.7 Å². The van der Waals surface area contributed by atoms with Crippen LogP contribution in [0.4, 0.5) is 21.5 Å². The van der Waals surface area contributed by atoms with Gasteiger partial charge in [-0.3, -0.25) is 0 Å². The van der Waals surface area contributed by atoms with Crippen LogP contribution in [0.5, 0.6) is 0 Å². The number of anilines is 3. The number of nitrogens with zero attached hydrogens (tertiary/aromatic N) is 3. The molecule has 60 heavy (non-hydrogen) atoms.